The van der Waals surface area contributed by atoms with Gasteiger partial charge in [0.25, 0.3) is 8.48 Å². The summed E-state index contributed by atoms with van der Waals surface area (Å²) in [5, 5.41) is 0. The van der Waals surface area contributed by atoms with Gasteiger partial charge in [0, 0.05) is 58.0 Å². The molecule has 6 saturated heterocycles. The molecule has 0 atom stereocenters. The van der Waals surface area contributed by atoms with Crippen LogP contribution in [0.4, 0.5) is 0 Å². The van der Waals surface area contributed by atoms with Crippen molar-refractivity contribution >= 4 is 124 Å². The van der Waals surface area contributed by atoms with E-state index in [1.807, 2.05) is 0 Å². The van der Waals surface area contributed by atoms with Crippen LogP contribution in [0.1, 0.15) is 6.42 Å². The zero-order valence-electron chi connectivity index (χ0n) is 59.3. The lowest BCUT2D eigenvalue weighted by Crippen LogP contribution is -2.65. The molecular formula is C54H144N6OSi15. The van der Waals surface area contributed by atoms with Crippen molar-refractivity contribution in [2.24, 2.45) is 0 Å². The van der Waals surface area contributed by atoms with E-state index in [9.17, 15) is 0 Å². The fourth-order valence-corrected chi connectivity index (χ4v) is 127. The van der Waals surface area contributed by atoms with Crippen LogP contribution >= 0.6 is 0 Å². The third kappa shape index (κ3) is 30.0. The Morgan fingerprint density at radius 2 is 0.632 bits per heavy atom. The van der Waals surface area contributed by atoms with Crippen molar-refractivity contribution in [2.75, 3.05) is 84.6 Å². The molecule has 6 heterocycles. The lowest BCUT2D eigenvalue weighted by Gasteiger charge is -2.52. The van der Waals surface area contributed by atoms with Crippen LogP contribution in [0.25, 0.3) is 0 Å². The second kappa shape index (κ2) is 30.2. The molecule has 0 bridgehead atoms. The zero-order chi connectivity index (χ0) is 61.2. The van der Waals surface area contributed by atoms with Crippen LogP contribution in [-0.4, -0.2) is 236 Å². The summed E-state index contributed by atoms with van der Waals surface area (Å²) in [5.41, 5.74) is 22.0. The monoisotopic (exact) mass is 1310 g/mol. The Morgan fingerprint density at radius 1 is 0.395 bits per heavy atom. The van der Waals surface area contributed by atoms with Crippen molar-refractivity contribution < 1.29 is 4.12 Å². The molecule has 6 fully saturated rings. The average molecular weight is 1320 g/mol. The summed E-state index contributed by atoms with van der Waals surface area (Å²) in [4.78, 5) is 0. The van der Waals surface area contributed by atoms with Gasteiger partial charge in [0.15, 0.2) is 8.32 Å². The third-order valence-electron chi connectivity index (χ3n) is 18.6. The lowest BCUT2D eigenvalue weighted by atomic mass is 10.5. The highest BCUT2D eigenvalue weighted by Crippen LogP contribution is 2.43. The molecule has 0 aromatic heterocycles. The fourth-order valence-electron chi connectivity index (χ4n) is 14.6. The molecule has 0 aromatic rings. The van der Waals surface area contributed by atoms with Gasteiger partial charge < -0.3 is 31.5 Å². The Hall–Kier alpha value is 2.45. The summed E-state index contributed by atoms with van der Waals surface area (Å²) in [6, 6.07) is 3.28. The maximum absolute atomic E-state index is 6.09. The highest BCUT2D eigenvalue weighted by atomic mass is 28.5. The second-order valence-electron chi connectivity index (χ2n) is 35.1. The molecule has 6 aliphatic rings. The first-order valence-corrected chi connectivity index (χ1v) is 76.5. The van der Waals surface area contributed by atoms with Crippen molar-refractivity contribution in [3.63, 3.8) is 0 Å². The molecular weight excluding hydrogens is 1170 g/mol. The molecule has 0 amide bonds. The van der Waals surface area contributed by atoms with Crippen LogP contribution in [0.3, 0.4) is 0 Å². The number of nitrogens with zero attached hydrogens (tertiary/aromatic N) is 6. The Bertz CT molecular complexity index is 1590. The van der Waals surface area contributed by atoms with Crippen molar-refractivity contribution in [1.29, 1.82) is 0 Å². The van der Waals surface area contributed by atoms with E-state index >= 15 is 0 Å². The predicted octanol–water partition coefficient (Wildman–Crippen LogP) is 15.5. The number of hydrogen-bond donors (Lipinski definition) is 0. The minimum atomic E-state index is -1.52. The maximum atomic E-state index is 6.09. The first kappa shape index (κ1) is 80.5. The molecule has 6 rings (SSSR count). The van der Waals surface area contributed by atoms with Gasteiger partial charge in [-0.05, 0) is 152 Å². The SMILES string of the molecule is C1C[SiH2]C1.C=C[Si]1(C)C[Si](C)(C=C)C1.CN(C)[Si](C)(C)C[Si](C)(N(C)C)N(C)C.CN(C)[Si](C)(C)O[Si](C)(C)C.CN(C)[Si]1(C)C[Si](C)(C)C1.CN(C)[Si]1(C)C[Si](C)(C)C1.C[Si]1(C)C[Si](C)(C)C1.C[Si]1(C)C[Si](C)(C)C1. The summed E-state index contributed by atoms with van der Waals surface area (Å²) in [5.74, 6) is 0. The Balaban J connectivity index is 0. The van der Waals surface area contributed by atoms with Crippen molar-refractivity contribution in [3.05, 3.63) is 24.6 Å². The summed E-state index contributed by atoms with van der Waals surface area (Å²) in [6.07, 6.45) is 1.56. The first-order chi connectivity index (χ1) is 33.3. The summed E-state index contributed by atoms with van der Waals surface area (Å²) in [6.45, 7) is 66.5. The van der Waals surface area contributed by atoms with E-state index in [1.165, 1.54) is 17.0 Å². The average Bonchev–Trinajstić information content (AvgIpc) is 3.09. The molecule has 0 N–H and O–H groups in total. The zero-order valence-corrected chi connectivity index (χ0v) is 74.7. The minimum Gasteiger partial charge on any atom is -0.445 e. The van der Waals surface area contributed by atoms with Gasteiger partial charge in [-0.25, -0.2) is 0 Å². The predicted molar refractivity (Wildman–Crippen MR) is 401 cm³/mol. The highest BCUT2D eigenvalue weighted by Gasteiger charge is 2.52. The largest absolute Gasteiger partial charge is 0.445 e. The van der Waals surface area contributed by atoms with Gasteiger partial charge in [-0.3, -0.25) is 0 Å². The van der Waals surface area contributed by atoms with Gasteiger partial charge in [-0.15, -0.1) is 24.6 Å². The Kier molecular flexibility index (Phi) is 32.0. The van der Waals surface area contributed by atoms with Crippen LogP contribution in [-0.2, 0) is 4.12 Å². The maximum Gasteiger partial charge on any atom is 0.254 e. The van der Waals surface area contributed by atoms with E-state index in [0.29, 0.717) is 9.52 Å². The fraction of sp³-hybridized carbons (Fsp3) is 0.926. The van der Waals surface area contributed by atoms with E-state index < -0.39 is 114 Å². The quantitative estimate of drug-likeness (QED) is 0.180. The molecule has 0 aromatic carbocycles. The van der Waals surface area contributed by atoms with Gasteiger partial charge >= 0.3 is 0 Å². The molecule has 0 saturated carbocycles. The topological polar surface area (TPSA) is 28.7 Å². The summed E-state index contributed by atoms with van der Waals surface area (Å²) in [7, 11) is 15.0. The minimum absolute atomic E-state index is 0.524. The van der Waals surface area contributed by atoms with E-state index in [0.717, 1.165) is 0 Å². The molecule has 456 valence electrons. The summed E-state index contributed by atoms with van der Waals surface area (Å²) >= 11 is 0. The van der Waals surface area contributed by atoms with E-state index in [-0.39, 0.29) is 0 Å². The van der Waals surface area contributed by atoms with Crippen molar-refractivity contribution in [2.45, 2.75) is 238 Å². The van der Waals surface area contributed by atoms with E-state index in [1.54, 1.807) is 63.8 Å². The second-order valence-corrected chi connectivity index (χ2v) is 112. The van der Waals surface area contributed by atoms with Gasteiger partial charge in [-0.1, -0.05) is 170 Å². The van der Waals surface area contributed by atoms with Crippen molar-refractivity contribution in [3.8, 4) is 0 Å². The smallest absolute Gasteiger partial charge is 0.254 e. The van der Waals surface area contributed by atoms with Crippen molar-refractivity contribution in [1.82, 2.24) is 27.4 Å². The molecule has 0 spiro atoms. The summed E-state index contributed by atoms with van der Waals surface area (Å²) < 4.78 is 20.8. The first-order valence-electron chi connectivity index (χ1n) is 30.3. The van der Waals surface area contributed by atoms with Crippen LogP contribution < -0.4 is 0 Å². The molecule has 7 nitrogen and oxygen atoms in total. The Morgan fingerprint density at radius 3 is 0.724 bits per heavy atom. The molecule has 76 heavy (non-hydrogen) atoms. The normalized spacial score (nSPS) is 26.2. The van der Waals surface area contributed by atoms with Gasteiger partial charge in [0.1, 0.15) is 24.7 Å². The molecule has 0 radical (unpaired) electrons. The van der Waals surface area contributed by atoms with Gasteiger partial charge in [0.05, 0.1) is 16.1 Å². The van der Waals surface area contributed by atoms with Crippen LogP contribution in [0, 0.1) is 0 Å². The number of rotatable bonds is 12. The number of hydrogen-bond acceptors (Lipinski definition) is 7. The molecule has 6 aliphatic heterocycles. The third-order valence-corrected chi connectivity index (χ3v) is 117. The standard InChI is InChI=1S/C10H29N3Si2.C8H16Si2.C7H21NOSi2.2C7H19NSi2.2C6H16Si2.C3H8Si/c1-11(2)14(7,8)10-15(9,12(3)4)13(5)6;1-5-9(3)7-10(4,6-2)8-9;1-8(2)11(6,7)9-10(3,4)5;2*1-8(2)10(5)6-9(3,4)7-10;2*1-7(2)5-8(3,4)6-7;1-2-4-3-1/h10H2,1-9H3;5-6H,1-2,7-8H2,3-4H3;1-7H3;2*6-7H2,1-5H3;2*5-6H2,1-4H3;1-4H2. The molecule has 22 heteroatoms. The van der Waals surface area contributed by atoms with E-state index in [4.69, 9.17) is 4.12 Å². The van der Waals surface area contributed by atoms with Crippen LogP contribution in [0.15, 0.2) is 24.6 Å². The van der Waals surface area contributed by atoms with Crippen LogP contribution in [0.2, 0.25) is 232 Å². The lowest BCUT2D eigenvalue weighted by molar-refractivity contribution is 0.442. The van der Waals surface area contributed by atoms with E-state index in [2.05, 4.69) is 294 Å². The Labute approximate surface area is 498 Å². The van der Waals surface area contributed by atoms with Gasteiger partial charge in [0.2, 0.25) is 8.40 Å². The molecule has 0 unspecified atom stereocenters. The van der Waals surface area contributed by atoms with Gasteiger partial charge in [-0.2, -0.15) is 0 Å². The van der Waals surface area contributed by atoms with Crippen LogP contribution in [0.5, 0.6) is 0 Å². The molecule has 0 aliphatic carbocycles. The highest BCUT2D eigenvalue weighted by molar-refractivity contribution is 7.17.